The van der Waals surface area contributed by atoms with Crippen molar-refractivity contribution in [3.05, 3.63) is 53.4 Å². The molecular formula is C16H12N4OS2. The standard InChI is InChI=1S/C16H12N4OS2/c1-10-3-2-4-11(7-10)14-19-13(20-21-14)8-23-16-12-5-6-22-15(12)17-9-18-16/h2-7,9H,8H2,1H3. The fraction of sp³-hybridized carbons (Fsp3) is 0.125. The molecule has 0 N–H and O–H groups in total. The highest BCUT2D eigenvalue weighted by atomic mass is 32.2. The Morgan fingerprint density at radius 3 is 3.09 bits per heavy atom. The Kier molecular flexibility index (Phi) is 3.80. The summed E-state index contributed by atoms with van der Waals surface area (Å²) in [5.41, 5.74) is 2.11. The van der Waals surface area contributed by atoms with E-state index in [1.54, 1.807) is 29.4 Å². The number of thioether (sulfide) groups is 1. The summed E-state index contributed by atoms with van der Waals surface area (Å²) in [6.45, 7) is 2.04. The first-order chi connectivity index (χ1) is 11.3. The largest absolute Gasteiger partial charge is 0.334 e. The second-order valence-corrected chi connectivity index (χ2v) is 6.85. The minimum absolute atomic E-state index is 0.549. The number of hydrogen-bond donors (Lipinski definition) is 0. The quantitative estimate of drug-likeness (QED) is 0.407. The number of aryl methyl sites for hydroxylation is 1. The predicted molar refractivity (Wildman–Crippen MR) is 91.4 cm³/mol. The third-order valence-electron chi connectivity index (χ3n) is 3.30. The molecule has 4 aromatic rings. The molecule has 1 aromatic carbocycles. The second-order valence-electron chi connectivity index (χ2n) is 4.99. The van der Waals surface area contributed by atoms with E-state index in [9.17, 15) is 0 Å². The normalized spacial score (nSPS) is 11.2. The first-order valence-electron chi connectivity index (χ1n) is 7.00. The molecule has 23 heavy (non-hydrogen) atoms. The van der Waals surface area contributed by atoms with E-state index in [0.717, 1.165) is 26.4 Å². The molecule has 0 aliphatic carbocycles. The molecule has 3 aromatic heterocycles. The van der Waals surface area contributed by atoms with Crippen LogP contribution in [0.15, 0.2) is 51.6 Å². The smallest absolute Gasteiger partial charge is 0.257 e. The third kappa shape index (κ3) is 2.97. The third-order valence-corrected chi connectivity index (χ3v) is 5.12. The van der Waals surface area contributed by atoms with Gasteiger partial charge in [-0.15, -0.1) is 11.3 Å². The number of nitrogens with zero attached hydrogens (tertiary/aromatic N) is 4. The summed E-state index contributed by atoms with van der Waals surface area (Å²) in [5, 5.41) is 8.10. The Morgan fingerprint density at radius 1 is 1.22 bits per heavy atom. The number of thiophene rings is 1. The molecule has 0 unspecified atom stereocenters. The lowest BCUT2D eigenvalue weighted by molar-refractivity contribution is 0.425. The summed E-state index contributed by atoms with van der Waals surface area (Å²) in [5.74, 6) is 1.82. The van der Waals surface area contributed by atoms with E-state index in [4.69, 9.17) is 4.52 Å². The van der Waals surface area contributed by atoms with Crippen LogP contribution in [0.1, 0.15) is 11.4 Å². The molecule has 0 bridgehead atoms. The van der Waals surface area contributed by atoms with Crippen LogP contribution in [-0.2, 0) is 5.75 Å². The van der Waals surface area contributed by atoms with Crippen molar-refractivity contribution in [1.82, 2.24) is 20.1 Å². The van der Waals surface area contributed by atoms with Gasteiger partial charge in [0.05, 0.1) is 5.75 Å². The fourth-order valence-electron chi connectivity index (χ4n) is 2.22. The lowest BCUT2D eigenvalue weighted by Crippen LogP contribution is -1.87. The van der Waals surface area contributed by atoms with E-state index >= 15 is 0 Å². The van der Waals surface area contributed by atoms with Gasteiger partial charge in [0.2, 0.25) is 0 Å². The van der Waals surface area contributed by atoms with Crippen molar-refractivity contribution in [2.75, 3.05) is 0 Å². The van der Waals surface area contributed by atoms with Gasteiger partial charge in [-0.2, -0.15) is 4.98 Å². The molecule has 0 fully saturated rings. The molecule has 4 rings (SSSR count). The molecule has 0 aliphatic rings. The van der Waals surface area contributed by atoms with Gasteiger partial charge in [0, 0.05) is 10.9 Å². The van der Waals surface area contributed by atoms with Gasteiger partial charge < -0.3 is 4.52 Å². The molecule has 0 amide bonds. The lowest BCUT2D eigenvalue weighted by atomic mass is 10.1. The lowest BCUT2D eigenvalue weighted by Gasteiger charge is -1.98. The predicted octanol–water partition coefficient (Wildman–Crippen LogP) is 4.34. The topological polar surface area (TPSA) is 64.7 Å². The van der Waals surface area contributed by atoms with Gasteiger partial charge in [-0.1, -0.05) is 34.6 Å². The van der Waals surface area contributed by atoms with E-state index in [1.807, 2.05) is 42.6 Å². The van der Waals surface area contributed by atoms with Crippen molar-refractivity contribution in [3.63, 3.8) is 0 Å². The summed E-state index contributed by atoms with van der Waals surface area (Å²) in [6.07, 6.45) is 1.59. The van der Waals surface area contributed by atoms with Gasteiger partial charge in [-0.3, -0.25) is 0 Å². The summed E-state index contributed by atoms with van der Waals surface area (Å²) in [4.78, 5) is 14.1. The number of hydrogen-bond acceptors (Lipinski definition) is 7. The van der Waals surface area contributed by atoms with Crippen molar-refractivity contribution in [3.8, 4) is 11.5 Å². The van der Waals surface area contributed by atoms with Crippen molar-refractivity contribution in [2.45, 2.75) is 17.7 Å². The van der Waals surface area contributed by atoms with Crippen LogP contribution in [0.3, 0.4) is 0 Å². The zero-order valence-corrected chi connectivity index (χ0v) is 13.9. The van der Waals surface area contributed by atoms with Gasteiger partial charge in [0.25, 0.3) is 5.89 Å². The van der Waals surface area contributed by atoms with Crippen LogP contribution >= 0.6 is 23.1 Å². The minimum atomic E-state index is 0.549. The number of rotatable bonds is 4. The van der Waals surface area contributed by atoms with E-state index in [2.05, 4.69) is 20.1 Å². The maximum Gasteiger partial charge on any atom is 0.257 e. The van der Waals surface area contributed by atoms with E-state index in [-0.39, 0.29) is 0 Å². The van der Waals surface area contributed by atoms with Crippen molar-refractivity contribution in [1.29, 1.82) is 0 Å². The minimum Gasteiger partial charge on any atom is -0.334 e. The second kappa shape index (κ2) is 6.10. The van der Waals surface area contributed by atoms with E-state index in [0.29, 0.717) is 17.5 Å². The van der Waals surface area contributed by atoms with Crippen LogP contribution in [0.4, 0.5) is 0 Å². The van der Waals surface area contributed by atoms with Gasteiger partial charge in [0.1, 0.15) is 16.2 Å². The van der Waals surface area contributed by atoms with Gasteiger partial charge in [-0.05, 0) is 30.5 Å². The van der Waals surface area contributed by atoms with Gasteiger partial charge >= 0.3 is 0 Å². The van der Waals surface area contributed by atoms with E-state index in [1.165, 1.54) is 0 Å². The SMILES string of the molecule is Cc1cccc(-c2nc(CSc3ncnc4sccc34)no2)c1. The van der Waals surface area contributed by atoms with Crippen LogP contribution in [0.2, 0.25) is 0 Å². The summed E-state index contributed by atoms with van der Waals surface area (Å²) in [6, 6.07) is 10.1. The molecule has 5 nitrogen and oxygen atoms in total. The monoisotopic (exact) mass is 340 g/mol. The van der Waals surface area contributed by atoms with Crippen LogP contribution < -0.4 is 0 Å². The molecule has 114 valence electrons. The maximum atomic E-state index is 5.36. The average molecular weight is 340 g/mol. The molecule has 0 saturated heterocycles. The summed E-state index contributed by atoms with van der Waals surface area (Å²) in [7, 11) is 0. The van der Waals surface area contributed by atoms with Crippen molar-refractivity contribution in [2.24, 2.45) is 0 Å². The van der Waals surface area contributed by atoms with Gasteiger partial charge in [-0.25, -0.2) is 9.97 Å². The zero-order chi connectivity index (χ0) is 15.6. The van der Waals surface area contributed by atoms with Crippen molar-refractivity contribution < 1.29 is 4.52 Å². The highest BCUT2D eigenvalue weighted by Crippen LogP contribution is 2.29. The number of aromatic nitrogens is 4. The number of fused-ring (bicyclic) bond motifs is 1. The molecule has 0 aliphatic heterocycles. The summed E-state index contributed by atoms with van der Waals surface area (Å²) < 4.78 is 5.36. The maximum absolute atomic E-state index is 5.36. The molecule has 0 spiro atoms. The Balaban J connectivity index is 1.53. The molecule has 0 saturated carbocycles. The van der Waals surface area contributed by atoms with Crippen LogP contribution in [0.5, 0.6) is 0 Å². The molecule has 3 heterocycles. The van der Waals surface area contributed by atoms with Gasteiger partial charge in [0.15, 0.2) is 5.82 Å². The molecule has 0 radical (unpaired) electrons. The Hall–Kier alpha value is -2.25. The van der Waals surface area contributed by atoms with E-state index < -0.39 is 0 Å². The summed E-state index contributed by atoms with van der Waals surface area (Å²) >= 11 is 3.20. The van der Waals surface area contributed by atoms with Crippen LogP contribution in [0, 0.1) is 6.92 Å². The molecular weight excluding hydrogens is 328 g/mol. The Labute approximate surface area is 140 Å². The zero-order valence-electron chi connectivity index (χ0n) is 12.3. The average Bonchev–Trinajstić information content (AvgIpc) is 3.22. The Morgan fingerprint density at radius 2 is 2.17 bits per heavy atom. The van der Waals surface area contributed by atoms with Crippen LogP contribution in [0.25, 0.3) is 21.7 Å². The van der Waals surface area contributed by atoms with Crippen LogP contribution in [-0.4, -0.2) is 20.1 Å². The number of benzene rings is 1. The van der Waals surface area contributed by atoms with Crippen molar-refractivity contribution >= 4 is 33.3 Å². The first-order valence-corrected chi connectivity index (χ1v) is 8.87. The Bertz CT molecular complexity index is 963. The first kappa shape index (κ1) is 14.3. The molecule has 7 heteroatoms. The molecule has 0 atom stereocenters. The highest BCUT2D eigenvalue weighted by Gasteiger charge is 2.11. The fourth-order valence-corrected chi connectivity index (χ4v) is 3.85. The highest BCUT2D eigenvalue weighted by molar-refractivity contribution is 7.98.